The van der Waals surface area contributed by atoms with E-state index in [1.165, 1.54) is 0 Å². The number of hydrogen-bond donors (Lipinski definition) is 2. The van der Waals surface area contributed by atoms with E-state index in [0.717, 1.165) is 31.5 Å². The van der Waals surface area contributed by atoms with Gasteiger partial charge in [-0.15, -0.1) is 0 Å². The SMILES string of the molecule is C[C@H](NC(=O)CCOC1CCNCC1)c1cccc(Cl)c1. The number of halogens is 1. The van der Waals surface area contributed by atoms with Crippen molar-refractivity contribution in [3.63, 3.8) is 0 Å². The summed E-state index contributed by atoms with van der Waals surface area (Å²) in [5, 5.41) is 6.95. The van der Waals surface area contributed by atoms with E-state index >= 15 is 0 Å². The lowest BCUT2D eigenvalue weighted by Gasteiger charge is -2.23. The fraction of sp³-hybridized carbons (Fsp3) is 0.562. The van der Waals surface area contributed by atoms with Crippen molar-refractivity contribution in [2.75, 3.05) is 19.7 Å². The summed E-state index contributed by atoms with van der Waals surface area (Å²) in [5.74, 6) is 0.0106. The number of benzene rings is 1. The Morgan fingerprint density at radius 1 is 1.48 bits per heavy atom. The van der Waals surface area contributed by atoms with Gasteiger partial charge in [0, 0.05) is 11.4 Å². The van der Waals surface area contributed by atoms with Gasteiger partial charge in [0.25, 0.3) is 0 Å². The van der Waals surface area contributed by atoms with Gasteiger partial charge in [0.2, 0.25) is 5.91 Å². The van der Waals surface area contributed by atoms with E-state index < -0.39 is 0 Å². The molecule has 0 spiro atoms. The molecule has 1 amide bonds. The van der Waals surface area contributed by atoms with Crippen molar-refractivity contribution in [2.45, 2.75) is 38.3 Å². The first-order chi connectivity index (χ1) is 10.1. The molecule has 1 atom stereocenters. The first-order valence-electron chi connectivity index (χ1n) is 7.52. The third-order valence-corrected chi connectivity index (χ3v) is 3.93. The molecule has 1 aromatic rings. The number of rotatable bonds is 6. The van der Waals surface area contributed by atoms with Crippen LogP contribution < -0.4 is 10.6 Å². The van der Waals surface area contributed by atoms with Crippen molar-refractivity contribution in [3.05, 3.63) is 34.9 Å². The van der Waals surface area contributed by atoms with Gasteiger partial charge in [0.1, 0.15) is 0 Å². The number of hydrogen-bond acceptors (Lipinski definition) is 3. The molecule has 1 saturated heterocycles. The highest BCUT2D eigenvalue weighted by molar-refractivity contribution is 6.30. The van der Waals surface area contributed by atoms with Gasteiger partial charge in [-0.25, -0.2) is 0 Å². The first-order valence-corrected chi connectivity index (χ1v) is 7.90. The van der Waals surface area contributed by atoms with Crippen molar-refractivity contribution in [1.29, 1.82) is 0 Å². The van der Waals surface area contributed by atoms with Crippen LogP contribution in [-0.2, 0) is 9.53 Å². The molecular weight excluding hydrogens is 288 g/mol. The summed E-state index contributed by atoms with van der Waals surface area (Å²) in [6.45, 7) is 4.45. The molecule has 2 rings (SSSR count). The zero-order chi connectivity index (χ0) is 15.1. The summed E-state index contributed by atoms with van der Waals surface area (Å²) in [5.41, 5.74) is 1.01. The Morgan fingerprint density at radius 3 is 2.95 bits per heavy atom. The molecule has 4 nitrogen and oxygen atoms in total. The second kappa shape index (κ2) is 8.37. The summed E-state index contributed by atoms with van der Waals surface area (Å²) in [6, 6.07) is 7.50. The van der Waals surface area contributed by atoms with Crippen LogP contribution >= 0.6 is 11.6 Å². The minimum atomic E-state index is -0.0462. The van der Waals surface area contributed by atoms with Crippen molar-refractivity contribution < 1.29 is 9.53 Å². The molecule has 0 radical (unpaired) electrons. The van der Waals surface area contributed by atoms with Gasteiger partial charge in [-0.2, -0.15) is 0 Å². The lowest BCUT2D eigenvalue weighted by Crippen LogP contribution is -2.33. The lowest BCUT2D eigenvalue weighted by molar-refractivity contribution is -0.123. The van der Waals surface area contributed by atoms with Crippen LogP contribution in [0.15, 0.2) is 24.3 Å². The highest BCUT2D eigenvalue weighted by Crippen LogP contribution is 2.17. The topological polar surface area (TPSA) is 50.4 Å². The van der Waals surface area contributed by atoms with E-state index in [9.17, 15) is 4.79 Å². The Balaban J connectivity index is 1.69. The van der Waals surface area contributed by atoms with Crippen LogP contribution in [0.25, 0.3) is 0 Å². The van der Waals surface area contributed by atoms with Crippen LogP contribution in [0.2, 0.25) is 5.02 Å². The highest BCUT2D eigenvalue weighted by atomic mass is 35.5. The Morgan fingerprint density at radius 2 is 2.24 bits per heavy atom. The second-order valence-electron chi connectivity index (χ2n) is 5.41. The van der Waals surface area contributed by atoms with Crippen molar-refractivity contribution in [2.24, 2.45) is 0 Å². The minimum absolute atomic E-state index is 0.0106. The maximum absolute atomic E-state index is 11.9. The van der Waals surface area contributed by atoms with Gasteiger partial charge in [0.05, 0.1) is 18.8 Å². The molecule has 1 aliphatic rings. The monoisotopic (exact) mass is 310 g/mol. The van der Waals surface area contributed by atoms with E-state index in [2.05, 4.69) is 10.6 Å². The van der Waals surface area contributed by atoms with Crippen molar-refractivity contribution in [1.82, 2.24) is 10.6 Å². The van der Waals surface area contributed by atoms with Crippen molar-refractivity contribution >= 4 is 17.5 Å². The quantitative estimate of drug-likeness (QED) is 0.849. The molecule has 1 heterocycles. The zero-order valence-electron chi connectivity index (χ0n) is 12.4. The number of carbonyl (C=O) groups is 1. The Hall–Kier alpha value is -1.10. The molecule has 0 unspecified atom stereocenters. The number of carbonyl (C=O) groups excluding carboxylic acids is 1. The molecule has 0 bridgehead atoms. The maximum atomic E-state index is 11.9. The van der Waals surface area contributed by atoms with E-state index in [1.54, 1.807) is 0 Å². The lowest BCUT2D eigenvalue weighted by atomic mass is 10.1. The predicted octanol–water partition coefficient (Wildman–Crippen LogP) is 2.68. The summed E-state index contributed by atoms with van der Waals surface area (Å²) in [4.78, 5) is 11.9. The number of piperidine rings is 1. The molecule has 116 valence electrons. The Kier molecular flexibility index (Phi) is 6.49. The van der Waals surface area contributed by atoms with Crippen LogP contribution in [-0.4, -0.2) is 31.7 Å². The fourth-order valence-electron chi connectivity index (χ4n) is 2.45. The molecule has 0 aliphatic carbocycles. The normalized spacial score (nSPS) is 17.4. The van der Waals surface area contributed by atoms with Crippen LogP contribution in [0.5, 0.6) is 0 Å². The molecule has 2 N–H and O–H groups in total. The van der Waals surface area contributed by atoms with E-state index in [0.29, 0.717) is 24.2 Å². The Bertz CT molecular complexity index is 461. The molecule has 21 heavy (non-hydrogen) atoms. The average Bonchev–Trinajstić information content (AvgIpc) is 2.48. The first kappa shape index (κ1) is 16.3. The van der Waals surface area contributed by atoms with Gasteiger partial charge in [-0.3, -0.25) is 4.79 Å². The van der Waals surface area contributed by atoms with E-state index in [-0.39, 0.29) is 11.9 Å². The van der Waals surface area contributed by atoms with Crippen LogP contribution in [0.3, 0.4) is 0 Å². The summed E-state index contributed by atoms with van der Waals surface area (Å²) >= 11 is 5.96. The number of nitrogens with one attached hydrogen (secondary N) is 2. The minimum Gasteiger partial charge on any atom is -0.378 e. The standard InChI is InChI=1S/C16H23ClN2O2/c1-12(13-3-2-4-14(17)11-13)19-16(20)7-10-21-15-5-8-18-9-6-15/h2-4,11-12,15,18H,5-10H2,1H3,(H,19,20)/t12-/m0/s1. The molecule has 5 heteroatoms. The smallest absolute Gasteiger partial charge is 0.222 e. The molecule has 1 fully saturated rings. The predicted molar refractivity (Wildman–Crippen MR) is 84.5 cm³/mol. The van der Waals surface area contributed by atoms with Crippen LogP contribution in [0.1, 0.15) is 37.8 Å². The molecular formula is C16H23ClN2O2. The van der Waals surface area contributed by atoms with Crippen LogP contribution in [0.4, 0.5) is 0 Å². The van der Waals surface area contributed by atoms with E-state index in [1.807, 2.05) is 31.2 Å². The zero-order valence-corrected chi connectivity index (χ0v) is 13.2. The Labute approximate surface area is 131 Å². The second-order valence-corrected chi connectivity index (χ2v) is 5.85. The van der Waals surface area contributed by atoms with Crippen LogP contribution in [0, 0.1) is 0 Å². The summed E-state index contributed by atoms with van der Waals surface area (Å²) in [6.07, 6.45) is 2.75. The third-order valence-electron chi connectivity index (χ3n) is 3.70. The van der Waals surface area contributed by atoms with Gasteiger partial charge < -0.3 is 15.4 Å². The largest absolute Gasteiger partial charge is 0.378 e. The van der Waals surface area contributed by atoms with Crippen molar-refractivity contribution in [3.8, 4) is 0 Å². The van der Waals surface area contributed by atoms with E-state index in [4.69, 9.17) is 16.3 Å². The maximum Gasteiger partial charge on any atom is 0.222 e. The van der Waals surface area contributed by atoms with Gasteiger partial charge in [-0.1, -0.05) is 23.7 Å². The summed E-state index contributed by atoms with van der Waals surface area (Å²) in [7, 11) is 0. The van der Waals surface area contributed by atoms with Gasteiger partial charge in [-0.05, 0) is 50.6 Å². The molecule has 1 aromatic carbocycles. The molecule has 1 aliphatic heterocycles. The number of ether oxygens (including phenoxy) is 1. The number of amides is 1. The average molecular weight is 311 g/mol. The van der Waals surface area contributed by atoms with Gasteiger partial charge >= 0.3 is 0 Å². The van der Waals surface area contributed by atoms with Gasteiger partial charge in [0.15, 0.2) is 0 Å². The molecule has 0 saturated carbocycles. The molecule has 0 aromatic heterocycles. The summed E-state index contributed by atoms with van der Waals surface area (Å²) < 4.78 is 5.74. The fourth-order valence-corrected chi connectivity index (χ4v) is 2.65. The third kappa shape index (κ3) is 5.65. The highest BCUT2D eigenvalue weighted by Gasteiger charge is 2.14.